The molecular weight excluding hydrogens is 286 g/mol. The van der Waals surface area contributed by atoms with Crippen LogP contribution in [0.25, 0.3) is 11.3 Å². The Morgan fingerprint density at radius 2 is 2.09 bits per heavy atom. The van der Waals surface area contributed by atoms with Gasteiger partial charge < -0.3 is 16.0 Å². The van der Waals surface area contributed by atoms with Crippen LogP contribution in [-0.4, -0.2) is 36.1 Å². The van der Waals surface area contributed by atoms with Crippen LogP contribution >= 0.6 is 0 Å². The first-order valence-corrected chi connectivity index (χ1v) is 8.43. The number of nitrogens with zero attached hydrogens (tertiary/aromatic N) is 3. The van der Waals surface area contributed by atoms with Crippen LogP contribution in [0, 0.1) is 0 Å². The highest BCUT2D eigenvalue weighted by Gasteiger charge is 2.27. The van der Waals surface area contributed by atoms with E-state index >= 15 is 0 Å². The summed E-state index contributed by atoms with van der Waals surface area (Å²) in [7, 11) is 2.03. The molecule has 2 aromatic rings. The van der Waals surface area contributed by atoms with Crippen LogP contribution in [-0.2, 0) is 12.8 Å². The second kappa shape index (κ2) is 5.81. The lowest BCUT2D eigenvalue weighted by molar-refractivity contribution is 0.616. The van der Waals surface area contributed by atoms with Gasteiger partial charge in [-0.25, -0.2) is 4.98 Å². The fourth-order valence-electron chi connectivity index (χ4n) is 3.82. The largest absolute Gasteiger partial charge is 0.368 e. The van der Waals surface area contributed by atoms with Gasteiger partial charge >= 0.3 is 0 Å². The topological polar surface area (TPSA) is 67.1 Å². The first-order valence-electron chi connectivity index (χ1n) is 8.43. The van der Waals surface area contributed by atoms with Crippen LogP contribution in [0.2, 0.25) is 0 Å². The molecule has 23 heavy (non-hydrogen) atoms. The van der Waals surface area contributed by atoms with Crippen molar-refractivity contribution >= 4 is 11.8 Å². The lowest BCUT2D eigenvalue weighted by Gasteiger charge is -2.22. The zero-order valence-corrected chi connectivity index (χ0v) is 13.5. The Morgan fingerprint density at radius 3 is 2.91 bits per heavy atom. The van der Waals surface area contributed by atoms with E-state index in [2.05, 4.69) is 44.5 Å². The van der Waals surface area contributed by atoms with E-state index in [0.29, 0.717) is 12.0 Å². The molecule has 1 unspecified atom stereocenters. The number of benzene rings is 1. The molecule has 1 aromatic carbocycles. The van der Waals surface area contributed by atoms with E-state index in [1.807, 2.05) is 7.05 Å². The van der Waals surface area contributed by atoms with Crippen molar-refractivity contribution in [1.82, 2.24) is 15.3 Å². The molecule has 0 spiro atoms. The van der Waals surface area contributed by atoms with Gasteiger partial charge in [-0.1, -0.05) is 24.3 Å². The lowest BCUT2D eigenvalue weighted by Crippen LogP contribution is -2.30. The first kappa shape index (κ1) is 14.5. The standard InChI is InChI=1S/C18H23N5/c1-20-13-9-10-23(11-13)17-15-8-4-6-12-5-2-3-7-14(12)16(15)21-18(19)22-17/h2-3,5,7,13,20H,4,6,8-11H2,1H3,(H2,19,21,22). The van der Waals surface area contributed by atoms with Gasteiger partial charge in [-0.15, -0.1) is 0 Å². The second-order valence-corrected chi connectivity index (χ2v) is 6.46. The minimum Gasteiger partial charge on any atom is -0.368 e. The Hall–Kier alpha value is -2.14. The summed E-state index contributed by atoms with van der Waals surface area (Å²) in [5.74, 6) is 1.42. The number of aryl methyl sites for hydroxylation is 1. The van der Waals surface area contributed by atoms with Gasteiger partial charge in [0.1, 0.15) is 5.82 Å². The first-order chi connectivity index (χ1) is 11.3. The van der Waals surface area contributed by atoms with Gasteiger partial charge in [-0.05, 0) is 38.3 Å². The zero-order chi connectivity index (χ0) is 15.8. The number of hydrogen-bond donors (Lipinski definition) is 2. The third-order valence-electron chi connectivity index (χ3n) is 5.04. The summed E-state index contributed by atoms with van der Waals surface area (Å²) >= 11 is 0. The highest BCUT2D eigenvalue weighted by Crippen LogP contribution is 2.36. The van der Waals surface area contributed by atoms with E-state index in [4.69, 9.17) is 5.73 Å². The Labute approximate surface area is 136 Å². The van der Waals surface area contributed by atoms with Gasteiger partial charge in [0.05, 0.1) is 5.69 Å². The number of aromatic nitrogens is 2. The number of hydrogen-bond acceptors (Lipinski definition) is 5. The van der Waals surface area contributed by atoms with E-state index < -0.39 is 0 Å². The molecule has 1 saturated heterocycles. The Bertz CT molecular complexity index is 727. The molecule has 1 aliphatic heterocycles. The fraction of sp³-hybridized carbons (Fsp3) is 0.444. The monoisotopic (exact) mass is 309 g/mol. The molecule has 1 atom stereocenters. The SMILES string of the molecule is CNC1CCN(c2nc(N)nc3c2CCCc2ccccc2-3)C1. The van der Waals surface area contributed by atoms with Crippen molar-refractivity contribution in [1.29, 1.82) is 0 Å². The number of rotatable bonds is 2. The number of likely N-dealkylation sites (N-methyl/N-ethyl adjacent to an activating group) is 1. The molecule has 0 bridgehead atoms. The van der Waals surface area contributed by atoms with Gasteiger partial charge in [0.2, 0.25) is 5.95 Å². The summed E-state index contributed by atoms with van der Waals surface area (Å²) in [5.41, 5.74) is 10.9. The van der Waals surface area contributed by atoms with Gasteiger partial charge in [-0.3, -0.25) is 0 Å². The fourth-order valence-corrected chi connectivity index (χ4v) is 3.82. The van der Waals surface area contributed by atoms with Crippen LogP contribution in [0.3, 0.4) is 0 Å². The predicted octanol–water partition coefficient (Wildman–Crippen LogP) is 2.01. The van der Waals surface area contributed by atoms with Crippen molar-refractivity contribution in [2.45, 2.75) is 31.7 Å². The van der Waals surface area contributed by atoms with Crippen LogP contribution in [0.15, 0.2) is 24.3 Å². The summed E-state index contributed by atoms with van der Waals surface area (Å²) in [6.07, 6.45) is 4.38. The minimum atomic E-state index is 0.378. The molecule has 5 nitrogen and oxygen atoms in total. The van der Waals surface area contributed by atoms with E-state index in [1.54, 1.807) is 0 Å². The van der Waals surface area contributed by atoms with Crippen molar-refractivity contribution < 1.29 is 0 Å². The molecule has 2 aliphatic rings. The van der Waals surface area contributed by atoms with Gasteiger partial charge in [-0.2, -0.15) is 4.98 Å². The maximum atomic E-state index is 6.06. The molecule has 0 radical (unpaired) electrons. The molecule has 1 aliphatic carbocycles. The number of fused-ring (bicyclic) bond motifs is 3. The Balaban J connectivity index is 1.83. The van der Waals surface area contributed by atoms with Crippen LogP contribution in [0.4, 0.5) is 11.8 Å². The zero-order valence-electron chi connectivity index (χ0n) is 13.5. The van der Waals surface area contributed by atoms with Crippen LogP contribution in [0.1, 0.15) is 24.0 Å². The Kier molecular flexibility index (Phi) is 3.65. The predicted molar refractivity (Wildman–Crippen MR) is 93.6 cm³/mol. The summed E-state index contributed by atoms with van der Waals surface area (Å²) < 4.78 is 0. The molecule has 0 saturated carbocycles. The smallest absolute Gasteiger partial charge is 0.222 e. The summed E-state index contributed by atoms with van der Waals surface area (Å²) in [4.78, 5) is 11.6. The van der Waals surface area contributed by atoms with Gasteiger partial charge in [0, 0.05) is 30.3 Å². The van der Waals surface area contributed by atoms with Crippen molar-refractivity contribution in [3.8, 4) is 11.3 Å². The van der Waals surface area contributed by atoms with E-state index in [1.165, 1.54) is 16.7 Å². The third-order valence-corrected chi connectivity index (χ3v) is 5.04. The molecule has 1 aromatic heterocycles. The number of nitrogens with one attached hydrogen (secondary N) is 1. The molecular formula is C18H23N5. The minimum absolute atomic E-state index is 0.378. The van der Waals surface area contributed by atoms with Crippen molar-refractivity contribution in [3.05, 3.63) is 35.4 Å². The van der Waals surface area contributed by atoms with Crippen molar-refractivity contribution in [2.24, 2.45) is 0 Å². The molecule has 2 heterocycles. The quantitative estimate of drug-likeness (QED) is 0.888. The molecule has 1 fully saturated rings. The molecule has 4 rings (SSSR count). The molecule has 3 N–H and O–H groups in total. The summed E-state index contributed by atoms with van der Waals surface area (Å²) in [5, 5.41) is 3.37. The normalized spacial score (nSPS) is 20.0. The van der Waals surface area contributed by atoms with Gasteiger partial charge in [0.25, 0.3) is 0 Å². The maximum absolute atomic E-state index is 6.06. The van der Waals surface area contributed by atoms with Crippen LogP contribution < -0.4 is 16.0 Å². The van der Waals surface area contributed by atoms with Crippen molar-refractivity contribution in [3.63, 3.8) is 0 Å². The third kappa shape index (κ3) is 2.55. The van der Waals surface area contributed by atoms with E-state index in [0.717, 1.165) is 50.3 Å². The molecule has 5 heteroatoms. The van der Waals surface area contributed by atoms with E-state index in [9.17, 15) is 0 Å². The second-order valence-electron chi connectivity index (χ2n) is 6.46. The summed E-state index contributed by atoms with van der Waals surface area (Å²) in [6, 6.07) is 9.08. The van der Waals surface area contributed by atoms with Crippen molar-refractivity contribution in [2.75, 3.05) is 30.8 Å². The van der Waals surface area contributed by atoms with Gasteiger partial charge in [0.15, 0.2) is 0 Å². The van der Waals surface area contributed by atoms with Crippen LogP contribution in [0.5, 0.6) is 0 Å². The number of nitrogens with two attached hydrogens (primary N) is 1. The summed E-state index contributed by atoms with van der Waals surface area (Å²) in [6.45, 7) is 2.01. The average molecular weight is 309 g/mol. The highest BCUT2D eigenvalue weighted by molar-refractivity contribution is 5.74. The molecule has 0 amide bonds. The average Bonchev–Trinajstić information content (AvgIpc) is 2.97. The maximum Gasteiger partial charge on any atom is 0.222 e. The molecule has 120 valence electrons. The highest BCUT2D eigenvalue weighted by atomic mass is 15.2. The lowest BCUT2D eigenvalue weighted by atomic mass is 10.0. The van der Waals surface area contributed by atoms with E-state index in [-0.39, 0.29) is 0 Å². The Morgan fingerprint density at radius 1 is 1.22 bits per heavy atom. The number of nitrogen functional groups attached to an aromatic ring is 1. The number of anilines is 2.